The SMILES string of the molecule is CC(C)CC(C)N(C)C(=O)Cc1csc(-c2ccc(C(F)(F)F)cc2)n1. The average Bonchev–Trinajstić information content (AvgIpc) is 3.01. The summed E-state index contributed by atoms with van der Waals surface area (Å²) in [5.74, 6) is 0.494. The highest BCUT2D eigenvalue weighted by atomic mass is 32.1. The summed E-state index contributed by atoms with van der Waals surface area (Å²) in [5.41, 5.74) is 0.565. The lowest BCUT2D eigenvalue weighted by atomic mass is 10.0. The van der Waals surface area contributed by atoms with E-state index in [1.54, 1.807) is 17.3 Å². The molecule has 1 aromatic heterocycles. The molecule has 2 rings (SSSR count). The molecule has 0 saturated carbocycles. The Morgan fingerprint density at radius 3 is 2.35 bits per heavy atom. The van der Waals surface area contributed by atoms with Gasteiger partial charge in [0, 0.05) is 24.0 Å². The fraction of sp³-hybridized carbons (Fsp3) is 0.474. The van der Waals surface area contributed by atoms with Crippen LogP contribution in [0.3, 0.4) is 0 Å². The van der Waals surface area contributed by atoms with Gasteiger partial charge in [-0.25, -0.2) is 4.98 Å². The molecule has 0 N–H and O–H groups in total. The summed E-state index contributed by atoms with van der Waals surface area (Å²) in [7, 11) is 1.79. The van der Waals surface area contributed by atoms with Gasteiger partial charge in [0.2, 0.25) is 5.91 Å². The van der Waals surface area contributed by atoms with Crippen LogP contribution in [-0.4, -0.2) is 28.9 Å². The van der Waals surface area contributed by atoms with Gasteiger partial charge in [-0.3, -0.25) is 4.79 Å². The lowest BCUT2D eigenvalue weighted by Gasteiger charge is -2.26. The number of hydrogen-bond acceptors (Lipinski definition) is 3. The smallest absolute Gasteiger partial charge is 0.343 e. The van der Waals surface area contributed by atoms with E-state index in [-0.39, 0.29) is 18.4 Å². The average molecular weight is 384 g/mol. The standard InChI is InChI=1S/C19H23F3N2OS/c1-12(2)9-13(3)24(4)17(25)10-16-11-26-18(23-16)14-5-7-15(8-6-14)19(20,21)22/h5-8,11-13H,9-10H2,1-4H3. The van der Waals surface area contributed by atoms with Crippen molar-refractivity contribution < 1.29 is 18.0 Å². The molecule has 2 aromatic rings. The van der Waals surface area contributed by atoms with Gasteiger partial charge >= 0.3 is 6.18 Å². The van der Waals surface area contributed by atoms with Gasteiger partial charge in [0.25, 0.3) is 0 Å². The number of benzene rings is 1. The van der Waals surface area contributed by atoms with Crippen LogP contribution >= 0.6 is 11.3 Å². The molecule has 0 saturated heterocycles. The van der Waals surface area contributed by atoms with Gasteiger partial charge in [0.05, 0.1) is 17.7 Å². The van der Waals surface area contributed by atoms with Crippen LogP contribution in [0.25, 0.3) is 10.6 Å². The second kappa shape index (κ2) is 8.20. The molecule has 1 heterocycles. The Bertz CT molecular complexity index is 738. The predicted molar refractivity (Wildman–Crippen MR) is 97.9 cm³/mol. The van der Waals surface area contributed by atoms with Crippen LogP contribution in [0, 0.1) is 5.92 Å². The fourth-order valence-electron chi connectivity index (χ4n) is 2.69. The minimum absolute atomic E-state index is 0.0116. The number of aromatic nitrogens is 1. The first-order chi connectivity index (χ1) is 12.1. The molecule has 0 bridgehead atoms. The second-order valence-corrected chi connectivity index (χ2v) is 7.74. The first-order valence-corrected chi connectivity index (χ1v) is 9.33. The Morgan fingerprint density at radius 2 is 1.81 bits per heavy atom. The van der Waals surface area contributed by atoms with Crippen LogP contribution in [0.5, 0.6) is 0 Å². The zero-order valence-electron chi connectivity index (χ0n) is 15.3. The number of amides is 1. The Balaban J connectivity index is 2.04. The third kappa shape index (κ3) is 5.30. The molecule has 3 nitrogen and oxygen atoms in total. The summed E-state index contributed by atoms with van der Waals surface area (Å²) in [4.78, 5) is 18.5. The molecular weight excluding hydrogens is 361 g/mol. The molecule has 142 valence electrons. The minimum atomic E-state index is -4.35. The monoisotopic (exact) mass is 384 g/mol. The lowest BCUT2D eigenvalue weighted by Crippen LogP contribution is -2.36. The maximum atomic E-state index is 12.6. The van der Waals surface area contributed by atoms with Gasteiger partial charge in [0.1, 0.15) is 5.01 Å². The number of rotatable bonds is 6. The van der Waals surface area contributed by atoms with Crippen LogP contribution in [0.1, 0.15) is 38.4 Å². The molecule has 0 aliphatic heterocycles. The summed E-state index contributed by atoms with van der Waals surface area (Å²) in [6, 6.07) is 5.05. The minimum Gasteiger partial charge on any atom is -0.343 e. The second-order valence-electron chi connectivity index (χ2n) is 6.88. The highest BCUT2D eigenvalue weighted by Crippen LogP contribution is 2.31. The van der Waals surface area contributed by atoms with Crippen LogP contribution < -0.4 is 0 Å². The number of hydrogen-bond donors (Lipinski definition) is 0. The lowest BCUT2D eigenvalue weighted by molar-refractivity contribution is -0.137. The van der Waals surface area contributed by atoms with E-state index in [1.807, 2.05) is 6.92 Å². The zero-order chi connectivity index (χ0) is 19.5. The topological polar surface area (TPSA) is 33.2 Å². The number of thiazole rings is 1. The van der Waals surface area contributed by atoms with Crippen molar-refractivity contribution in [3.8, 4) is 10.6 Å². The number of carbonyl (C=O) groups is 1. The van der Waals surface area contributed by atoms with Gasteiger partial charge in [-0.15, -0.1) is 11.3 Å². The third-order valence-corrected chi connectivity index (χ3v) is 5.15. The molecule has 0 aliphatic rings. The molecule has 0 aliphatic carbocycles. The summed E-state index contributed by atoms with van der Waals surface area (Å²) >= 11 is 1.33. The molecule has 26 heavy (non-hydrogen) atoms. The quantitative estimate of drug-likeness (QED) is 0.680. The zero-order valence-corrected chi connectivity index (χ0v) is 16.1. The van der Waals surface area contributed by atoms with Crippen molar-refractivity contribution in [1.82, 2.24) is 9.88 Å². The largest absolute Gasteiger partial charge is 0.416 e. The molecule has 1 aromatic carbocycles. The van der Waals surface area contributed by atoms with E-state index in [0.717, 1.165) is 18.6 Å². The normalized spacial score (nSPS) is 13.1. The van der Waals surface area contributed by atoms with Crippen molar-refractivity contribution in [2.75, 3.05) is 7.05 Å². The molecule has 1 unspecified atom stereocenters. The van der Waals surface area contributed by atoms with Gasteiger partial charge in [-0.2, -0.15) is 13.2 Å². The van der Waals surface area contributed by atoms with Crippen molar-refractivity contribution in [3.05, 3.63) is 40.9 Å². The summed E-state index contributed by atoms with van der Waals surface area (Å²) in [6.45, 7) is 6.25. The Hall–Kier alpha value is -1.89. The molecule has 1 amide bonds. The van der Waals surface area contributed by atoms with E-state index in [4.69, 9.17) is 0 Å². The number of likely N-dealkylation sites (N-methyl/N-ethyl adjacent to an activating group) is 1. The number of halogens is 3. The third-order valence-electron chi connectivity index (χ3n) is 4.21. The summed E-state index contributed by atoms with van der Waals surface area (Å²) in [5, 5.41) is 2.39. The first kappa shape index (κ1) is 20.4. The fourth-order valence-corrected chi connectivity index (χ4v) is 3.51. The van der Waals surface area contributed by atoms with Crippen LogP contribution in [0.4, 0.5) is 13.2 Å². The molecule has 0 spiro atoms. The van der Waals surface area contributed by atoms with Crippen molar-refractivity contribution in [3.63, 3.8) is 0 Å². The summed E-state index contributed by atoms with van der Waals surface area (Å²) in [6.07, 6.45) is -3.23. The van der Waals surface area contributed by atoms with Crippen LogP contribution in [0.2, 0.25) is 0 Å². The molecule has 0 fully saturated rings. The highest BCUT2D eigenvalue weighted by Gasteiger charge is 2.30. The highest BCUT2D eigenvalue weighted by molar-refractivity contribution is 7.13. The Morgan fingerprint density at radius 1 is 1.19 bits per heavy atom. The predicted octanol–water partition coefficient (Wildman–Crippen LogP) is 5.26. The van der Waals surface area contributed by atoms with E-state index < -0.39 is 11.7 Å². The summed E-state index contributed by atoms with van der Waals surface area (Å²) < 4.78 is 37.9. The van der Waals surface area contributed by atoms with Crippen LogP contribution in [0.15, 0.2) is 29.6 Å². The van der Waals surface area contributed by atoms with Crippen molar-refractivity contribution in [2.45, 2.75) is 45.8 Å². The molecule has 7 heteroatoms. The van der Waals surface area contributed by atoms with E-state index >= 15 is 0 Å². The van der Waals surface area contributed by atoms with Crippen molar-refractivity contribution >= 4 is 17.2 Å². The maximum absolute atomic E-state index is 12.6. The van der Waals surface area contributed by atoms with Gasteiger partial charge < -0.3 is 4.90 Å². The van der Waals surface area contributed by atoms with E-state index in [0.29, 0.717) is 22.2 Å². The Kier molecular flexibility index (Phi) is 6.44. The molecule has 0 radical (unpaired) electrons. The van der Waals surface area contributed by atoms with Crippen LogP contribution in [-0.2, 0) is 17.4 Å². The Labute approximate surface area is 155 Å². The van der Waals surface area contributed by atoms with Crippen molar-refractivity contribution in [2.24, 2.45) is 5.92 Å². The van der Waals surface area contributed by atoms with Gasteiger partial charge in [-0.05, 0) is 31.4 Å². The van der Waals surface area contributed by atoms with Gasteiger partial charge in [-0.1, -0.05) is 26.0 Å². The first-order valence-electron chi connectivity index (χ1n) is 8.45. The van der Waals surface area contributed by atoms with E-state index in [9.17, 15) is 18.0 Å². The van der Waals surface area contributed by atoms with E-state index in [1.165, 1.54) is 23.5 Å². The van der Waals surface area contributed by atoms with Crippen molar-refractivity contribution in [1.29, 1.82) is 0 Å². The molecule has 1 atom stereocenters. The number of carbonyl (C=O) groups excluding carboxylic acids is 1. The molecular formula is C19H23F3N2OS. The number of alkyl halides is 3. The maximum Gasteiger partial charge on any atom is 0.416 e. The van der Waals surface area contributed by atoms with Gasteiger partial charge in [0.15, 0.2) is 0 Å². The van der Waals surface area contributed by atoms with E-state index in [2.05, 4.69) is 18.8 Å². The number of nitrogens with zero attached hydrogens (tertiary/aromatic N) is 2.